The highest BCUT2D eigenvalue weighted by atomic mass is 35.5. The number of nitrogens with zero attached hydrogens (tertiary/aromatic N) is 1. The fraction of sp³-hybridized carbons (Fsp3) is 0.263. The predicted octanol–water partition coefficient (Wildman–Crippen LogP) is 4.81. The number of methoxy groups -OCH3 is 1. The van der Waals surface area contributed by atoms with Crippen molar-refractivity contribution in [3.63, 3.8) is 0 Å². The molecule has 29 heavy (non-hydrogen) atoms. The zero-order chi connectivity index (χ0) is 21.6. The summed E-state index contributed by atoms with van der Waals surface area (Å²) < 4.78 is 52.1. The summed E-state index contributed by atoms with van der Waals surface area (Å²) in [7, 11) is 1.40. The van der Waals surface area contributed by atoms with Crippen LogP contribution < -0.4 is 19.5 Å². The summed E-state index contributed by atoms with van der Waals surface area (Å²) >= 11 is 6.14. The third-order valence-electron chi connectivity index (χ3n) is 3.53. The Kier molecular flexibility index (Phi) is 7.18. The van der Waals surface area contributed by atoms with Crippen molar-refractivity contribution >= 4 is 23.2 Å². The van der Waals surface area contributed by atoms with Crippen LogP contribution in [0.4, 0.5) is 18.9 Å². The van der Waals surface area contributed by atoms with Crippen LogP contribution in [-0.4, -0.2) is 32.4 Å². The first kappa shape index (κ1) is 22.2. The van der Waals surface area contributed by atoms with Crippen LogP contribution >= 0.6 is 11.6 Å². The normalized spacial score (nSPS) is 10.8. The van der Waals surface area contributed by atoms with Crippen LogP contribution in [0.1, 0.15) is 22.8 Å². The second-order valence-electron chi connectivity index (χ2n) is 5.60. The summed E-state index contributed by atoms with van der Waals surface area (Å²) in [5.41, 5.74) is 0.190. The number of alkyl halides is 3. The van der Waals surface area contributed by atoms with Crippen molar-refractivity contribution in [2.24, 2.45) is 0 Å². The van der Waals surface area contributed by atoms with Crippen LogP contribution in [0.5, 0.6) is 17.2 Å². The molecule has 10 heteroatoms. The van der Waals surface area contributed by atoms with E-state index in [4.69, 9.17) is 26.3 Å². The lowest BCUT2D eigenvalue weighted by Crippen LogP contribution is -2.19. The van der Waals surface area contributed by atoms with Crippen molar-refractivity contribution in [2.45, 2.75) is 13.1 Å². The Morgan fingerprint density at radius 3 is 2.52 bits per heavy atom. The van der Waals surface area contributed by atoms with Gasteiger partial charge in [-0.15, -0.1) is 0 Å². The average molecular weight is 429 g/mol. The number of carbonyl (C=O) groups excluding carboxylic acids is 1. The van der Waals surface area contributed by atoms with Crippen LogP contribution in [-0.2, 0) is 0 Å². The van der Waals surface area contributed by atoms with E-state index in [0.29, 0.717) is 12.4 Å². The van der Waals surface area contributed by atoms with E-state index in [1.54, 1.807) is 13.0 Å². The topological polar surface area (TPSA) is 80.6 Å². The van der Waals surface area contributed by atoms with E-state index in [9.17, 15) is 18.0 Å². The molecule has 0 fully saturated rings. The summed E-state index contributed by atoms with van der Waals surface area (Å²) in [6.45, 7) is 0.588. The minimum absolute atomic E-state index is 0.158. The molecule has 0 radical (unpaired) electrons. The van der Waals surface area contributed by atoms with Crippen molar-refractivity contribution in [1.82, 2.24) is 0 Å². The van der Waals surface area contributed by atoms with Gasteiger partial charge >= 0.3 is 6.18 Å². The maximum atomic E-state index is 12.5. The third-order valence-corrected chi connectivity index (χ3v) is 3.81. The Bertz CT molecular complexity index is 942. The zero-order valence-electron chi connectivity index (χ0n) is 15.4. The van der Waals surface area contributed by atoms with Crippen LogP contribution in [0.25, 0.3) is 0 Å². The second kappa shape index (κ2) is 9.39. The van der Waals surface area contributed by atoms with Gasteiger partial charge in [0.25, 0.3) is 5.91 Å². The van der Waals surface area contributed by atoms with Crippen molar-refractivity contribution in [3.8, 4) is 23.3 Å². The number of ether oxygens (including phenoxy) is 3. The van der Waals surface area contributed by atoms with Gasteiger partial charge in [0.2, 0.25) is 0 Å². The number of rotatable bonds is 7. The molecule has 0 unspecified atom stereocenters. The molecule has 0 atom stereocenters. The van der Waals surface area contributed by atoms with Gasteiger partial charge in [0, 0.05) is 11.3 Å². The SMILES string of the molecule is CCOc1c(Cl)cc(C(=O)Nc2ccc(OCC(F)(F)F)c(C#N)c2)cc1OC. The molecular weight excluding hydrogens is 413 g/mol. The molecule has 0 heterocycles. The molecule has 154 valence electrons. The summed E-state index contributed by atoms with van der Waals surface area (Å²) in [6.07, 6.45) is -4.54. The Balaban J connectivity index is 2.22. The molecular formula is C19H16ClF3N2O4. The van der Waals surface area contributed by atoms with Gasteiger partial charge in [-0.1, -0.05) is 11.6 Å². The van der Waals surface area contributed by atoms with Crippen molar-refractivity contribution < 1.29 is 32.2 Å². The van der Waals surface area contributed by atoms with E-state index in [1.807, 2.05) is 0 Å². The maximum absolute atomic E-state index is 12.5. The predicted molar refractivity (Wildman–Crippen MR) is 99.8 cm³/mol. The number of carbonyl (C=O) groups is 1. The van der Waals surface area contributed by atoms with Crippen molar-refractivity contribution in [1.29, 1.82) is 5.26 Å². The monoisotopic (exact) mass is 428 g/mol. The van der Waals surface area contributed by atoms with E-state index in [2.05, 4.69) is 10.1 Å². The lowest BCUT2D eigenvalue weighted by atomic mass is 10.1. The Morgan fingerprint density at radius 1 is 1.21 bits per heavy atom. The average Bonchev–Trinajstić information content (AvgIpc) is 2.67. The second-order valence-corrected chi connectivity index (χ2v) is 6.01. The Morgan fingerprint density at radius 2 is 1.93 bits per heavy atom. The van der Waals surface area contributed by atoms with Crippen molar-refractivity contribution in [2.75, 3.05) is 25.6 Å². The number of nitriles is 1. The number of halogens is 4. The van der Waals surface area contributed by atoms with Gasteiger partial charge in [0.15, 0.2) is 18.1 Å². The van der Waals surface area contributed by atoms with E-state index in [1.165, 1.54) is 37.4 Å². The van der Waals surface area contributed by atoms with E-state index in [-0.39, 0.29) is 33.3 Å². The fourth-order valence-corrected chi connectivity index (χ4v) is 2.58. The fourth-order valence-electron chi connectivity index (χ4n) is 2.32. The molecule has 0 aromatic heterocycles. The van der Waals surface area contributed by atoms with Crippen LogP contribution in [0.2, 0.25) is 5.02 Å². The van der Waals surface area contributed by atoms with Gasteiger partial charge in [-0.2, -0.15) is 18.4 Å². The zero-order valence-corrected chi connectivity index (χ0v) is 16.1. The molecule has 1 amide bonds. The first-order valence-electron chi connectivity index (χ1n) is 8.24. The molecule has 0 aliphatic heterocycles. The minimum atomic E-state index is -4.54. The number of nitrogens with one attached hydrogen (secondary N) is 1. The smallest absolute Gasteiger partial charge is 0.422 e. The number of anilines is 1. The number of benzene rings is 2. The van der Waals surface area contributed by atoms with Gasteiger partial charge in [-0.3, -0.25) is 4.79 Å². The van der Waals surface area contributed by atoms with Crippen molar-refractivity contribution in [3.05, 3.63) is 46.5 Å². The van der Waals surface area contributed by atoms with Gasteiger partial charge in [-0.25, -0.2) is 0 Å². The lowest BCUT2D eigenvalue weighted by molar-refractivity contribution is -0.153. The summed E-state index contributed by atoms with van der Waals surface area (Å²) in [5.74, 6) is -0.251. The van der Waals surface area contributed by atoms with E-state index in [0.717, 1.165) is 0 Å². The third kappa shape index (κ3) is 5.93. The summed E-state index contributed by atoms with van der Waals surface area (Å²) in [4.78, 5) is 12.5. The molecule has 2 aromatic rings. The maximum Gasteiger partial charge on any atom is 0.422 e. The van der Waals surface area contributed by atoms with Gasteiger partial charge in [0.1, 0.15) is 11.8 Å². The molecule has 0 spiro atoms. The van der Waals surface area contributed by atoms with Gasteiger partial charge < -0.3 is 19.5 Å². The highest BCUT2D eigenvalue weighted by Crippen LogP contribution is 2.36. The largest absolute Gasteiger partial charge is 0.493 e. The lowest BCUT2D eigenvalue weighted by Gasteiger charge is -2.14. The number of amides is 1. The van der Waals surface area contributed by atoms with E-state index >= 15 is 0 Å². The number of hydrogen-bond donors (Lipinski definition) is 1. The molecule has 6 nitrogen and oxygen atoms in total. The first-order chi connectivity index (χ1) is 13.7. The Hall–Kier alpha value is -3.12. The molecule has 2 rings (SSSR count). The Labute approximate surface area is 169 Å². The molecule has 2 aromatic carbocycles. The van der Waals surface area contributed by atoms with Crippen LogP contribution in [0.3, 0.4) is 0 Å². The highest BCUT2D eigenvalue weighted by molar-refractivity contribution is 6.32. The van der Waals surface area contributed by atoms with Gasteiger partial charge in [-0.05, 0) is 37.3 Å². The summed E-state index contributed by atoms with van der Waals surface area (Å²) in [6, 6.07) is 8.24. The standard InChI is InChI=1S/C19H16ClF3N2O4/c1-3-28-17-14(20)7-11(8-16(17)27-2)18(26)25-13-4-5-15(12(6-13)9-24)29-10-19(21,22)23/h4-8H,3,10H2,1-2H3,(H,25,26). The molecule has 0 saturated heterocycles. The molecule has 0 bridgehead atoms. The van der Waals surface area contributed by atoms with Crippen LogP contribution in [0, 0.1) is 11.3 Å². The quantitative estimate of drug-likeness (QED) is 0.684. The minimum Gasteiger partial charge on any atom is -0.493 e. The van der Waals surface area contributed by atoms with Crippen LogP contribution in [0.15, 0.2) is 30.3 Å². The summed E-state index contributed by atoms with van der Waals surface area (Å²) in [5, 5.41) is 11.8. The van der Waals surface area contributed by atoms with E-state index < -0.39 is 18.7 Å². The first-order valence-corrected chi connectivity index (χ1v) is 8.61. The van der Waals surface area contributed by atoms with Gasteiger partial charge in [0.05, 0.1) is 24.3 Å². The molecule has 1 N–H and O–H groups in total. The molecule has 0 aliphatic rings. The molecule has 0 aliphatic carbocycles. The molecule has 0 saturated carbocycles. The highest BCUT2D eigenvalue weighted by Gasteiger charge is 2.29. The number of hydrogen-bond acceptors (Lipinski definition) is 5.